The van der Waals surface area contributed by atoms with E-state index in [0.717, 1.165) is 19.0 Å². The first-order valence-corrected chi connectivity index (χ1v) is 7.14. The highest BCUT2D eigenvalue weighted by Gasteiger charge is 2.16. The van der Waals surface area contributed by atoms with Gasteiger partial charge in [-0.15, -0.1) is 0 Å². The molecule has 1 saturated heterocycles. The lowest BCUT2D eigenvalue weighted by Crippen LogP contribution is -2.37. The van der Waals surface area contributed by atoms with Crippen LogP contribution in [0.25, 0.3) is 0 Å². The predicted molar refractivity (Wildman–Crippen MR) is 77.7 cm³/mol. The summed E-state index contributed by atoms with van der Waals surface area (Å²) in [4.78, 5) is 2.36. The second kappa shape index (κ2) is 5.87. The Labute approximate surface area is 113 Å². The fourth-order valence-electron chi connectivity index (χ4n) is 2.49. The topological polar surface area (TPSA) is 15.3 Å². The van der Waals surface area contributed by atoms with Crippen molar-refractivity contribution in [3.8, 4) is 0 Å². The Morgan fingerprint density at radius 1 is 1.47 bits per heavy atom. The first-order chi connectivity index (χ1) is 8.16. The number of hydrogen-bond acceptors (Lipinski definition) is 2. The monoisotopic (exact) mass is 296 g/mol. The smallest absolute Gasteiger partial charge is 0.0508 e. The van der Waals surface area contributed by atoms with E-state index in [1.54, 1.807) is 0 Å². The molecule has 2 nitrogen and oxygen atoms in total. The Balaban J connectivity index is 2.00. The Morgan fingerprint density at radius 2 is 2.29 bits per heavy atom. The molecular formula is C14H21BrN2. The Morgan fingerprint density at radius 3 is 2.94 bits per heavy atom. The lowest BCUT2D eigenvalue weighted by atomic mass is 9.99. The molecule has 1 aromatic carbocycles. The van der Waals surface area contributed by atoms with E-state index in [9.17, 15) is 0 Å². The third kappa shape index (κ3) is 3.46. The maximum Gasteiger partial charge on any atom is 0.0508 e. The fraction of sp³-hybridized carbons (Fsp3) is 0.571. The molecule has 3 heteroatoms. The molecule has 1 heterocycles. The summed E-state index contributed by atoms with van der Waals surface area (Å²) in [5.74, 6) is 0.780. The van der Waals surface area contributed by atoms with E-state index < -0.39 is 0 Å². The number of nitrogens with one attached hydrogen (secondary N) is 1. The standard InChI is InChI=1S/C14H21BrN2/c1-11-5-6-14(13(15)8-11)17(2)10-12-4-3-7-16-9-12/h5-6,8,12,16H,3-4,7,9-10H2,1-2H3. The molecule has 0 amide bonds. The summed E-state index contributed by atoms with van der Waals surface area (Å²) < 4.78 is 1.20. The molecule has 2 rings (SSSR count). The second-order valence-electron chi connectivity index (χ2n) is 5.05. The van der Waals surface area contributed by atoms with Crippen LogP contribution in [0.5, 0.6) is 0 Å². The molecule has 0 spiro atoms. The van der Waals surface area contributed by atoms with E-state index in [-0.39, 0.29) is 0 Å². The van der Waals surface area contributed by atoms with Crippen LogP contribution in [0.1, 0.15) is 18.4 Å². The van der Waals surface area contributed by atoms with Crippen molar-refractivity contribution in [3.05, 3.63) is 28.2 Å². The van der Waals surface area contributed by atoms with Crippen LogP contribution in [0.15, 0.2) is 22.7 Å². The minimum Gasteiger partial charge on any atom is -0.373 e. The maximum atomic E-state index is 3.66. The van der Waals surface area contributed by atoms with E-state index in [1.807, 2.05) is 0 Å². The van der Waals surface area contributed by atoms with E-state index in [2.05, 4.69) is 58.3 Å². The third-order valence-electron chi connectivity index (χ3n) is 3.45. The molecule has 0 aromatic heterocycles. The van der Waals surface area contributed by atoms with Crippen LogP contribution < -0.4 is 10.2 Å². The van der Waals surface area contributed by atoms with Crippen molar-refractivity contribution in [1.82, 2.24) is 5.32 Å². The highest BCUT2D eigenvalue weighted by molar-refractivity contribution is 9.10. The average Bonchev–Trinajstić information content (AvgIpc) is 2.30. The Hall–Kier alpha value is -0.540. The molecule has 1 aliphatic rings. The van der Waals surface area contributed by atoms with Gasteiger partial charge in [0.1, 0.15) is 0 Å². The number of rotatable bonds is 3. The van der Waals surface area contributed by atoms with Gasteiger partial charge in [0.15, 0.2) is 0 Å². The van der Waals surface area contributed by atoms with Crippen LogP contribution in [0.2, 0.25) is 0 Å². The second-order valence-corrected chi connectivity index (χ2v) is 5.90. The van der Waals surface area contributed by atoms with Crippen LogP contribution in [0, 0.1) is 12.8 Å². The lowest BCUT2D eigenvalue weighted by Gasteiger charge is -2.29. The van der Waals surface area contributed by atoms with Gasteiger partial charge in [-0.05, 0) is 72.4 Å². The minimum absolute atomic E-state index is 0.780. The highest BCUT2D eigenvalue weighted by atomic mass is 79.9. The van der Waals surface area contributed by atoms with Crippen molar-refractivity contribution in [2.75, 3.05) is 31.6 Å². The van der Waals surface area contributed by atoms with Gasteiger partial charge in [0.25, 0.3) is 0 Å². The van der Waals surface area contributed by atoms with E-state index in [4.69, 9.17) is 0 Å². The zero-order chi connectivity index (χ0) is 12.3. The molecule has 0 bridgehead atoms. The van der Waals surface area contributed by atoms with Crippen molar-refractivity contribution in [2.45, 2.75) is 19.8 Å². The van der Waals surface area contributed by atoms with E-state index >= 15 is 0 Å². The van der Waals surface area contributed by atoms with Crippen molar-refractivity contribution >= 4 is 21.6 Å². The summed E-state index contributed by atoms with van der Waals surface area (Å²) in [6.45, 7) is 5.61. The highest BCUT2D eigenvalue weighted by Crippen LogP contribution is 2.27. The van der Waals surface area contributed by atoms with Gasteiger partial charge in [0, 0.05) is 18.1 Å². The fourth-order valence-corrected chi connectivity index (χ4v) is 3.28. The number of benzene rings is 1. The summed E-state index contributed by atoms with van der Waals surface area (Å²) in [6, 6.07) is 6.57. The summed E-state index contributed by atoms with van der Waals surface area (Å²) in [5, 5.41) is 3.48. The number of halogens is 1. The van der Waals surface area contributed by atoms with Gasteiger partial charge >= 0.3 is 0 Å². The zero-order valence-electron chi connectivity index (χ0n) is 10.7. The van der Waals surface area contributed by atoms with Crippen LogP contribution in [-0.2, 0) is 0 Å². The number of piperidine rings is 1. The molecule has 1 N–H and O–H groups in total. The van der Waals surface area contributed by atoms with Gasteiger partial charge in [-0.1, -0.05) is 6.07 Å². The number of aryl methyl sites for hydroxylation is 1. The molecular weight excluding hydrogens is 276 g/mol. The van der Waals surface area contributed by atoms with Crippen LogP contribution in [-0.4, -0.2) is 26.7 Å². The summed E-state index contributed by atoms with van der Waals surface area (Å²) in [5.41, 5.74) is 2.59. The molecule has 1 aromatic rings. The van der Waals surface area contributed by atoms with Crippen molar-refractivity contribution in [2.24, 2.45) is 5.92 Å². The van der Waals surface area contributed by atoms with Crippen LogP contribution in [0.4, 0.5) is 5.69 Å². The number of anilines is 1. The number of hydrogen-bond donors (Lipinski definition) is 1. The zero-order valence-corrected chi connectivity index (χ0v) is 12.3. The largest absolute Gasteiger partial charge is 0.373 e. The quantitative estimate of drug-likeness (QED) is 0.921. The predicted octanol–water partition coefficient (Wildman–Crippen LogP) is 3.19. The van der Waals surface area contributed by atoms with E-state index in [0.29, 0.717) is 0 Å². The van der Waals surface area contributed by atoms with E-state index in [1.165, 1.54) is 35.1 Å². The third-order valence-corrected chi connectivity index (χ3v) is 4.08. The van der Waals surface area contributed by atoms with Gasteiger partial charge in [0.05, 0.1) is 5.69 Å². The molecule has 0 saturated carbocycles. The maximum absolute atomic E-state index is 3.66. The summed E-state index contributed by atoms with van der Waals surface area (Å²) in [7, 11) is 2.18. The SMILES string of the molecule is Cc1ccc(N(C)CC2CCCNC2)c(Br)c1. The molecule has 1 unspecified atom stereocenters. The Kier molecular flexibility index (Phi) is 4.46. The molecule has 17 heavy (non-hydrogen) atoms. The molecule has 1 aliphatic heterocycles. The summed E-state index contributed by atoms with van der Waals surface area (Å²) >= 11 is 3.66. The van der Waals surface area contributed by atoms with Gasteiger partial charge in [-0.3, -0.25) is 0 Å². The minimum atomic E-state index is 0.780. The van der Waals surface area contributed by atoms with Gasteiger partial charge in [-0.25, -0.2) is 0 Å². The first kappa shape index (κ1) is 12.9. The molecule has 94 valence electrons. The van der Waals surface area contributed by atoms with Gasteiger partial charge < -0.3 is 10.2 Å². The summed E-state index contributed by atoms with van der Waals surface area (Å²) in [6.07, 6.45) is 2.66. The van der Waals surface area contributed by atoms with Crippen LogP contribution in [0.3, 0.4) is 0 Å². The molecule has 0 radical (unpaired) electrons. The van der Waals surface area contributed by atoms with Gasteiger partial charge in [0.2, 0.25) is 0 Å². The van der Waals surface area contributed by atoms with Gasteiger partial charge in [-0.2, -0.15) is 0 Å². The Bertz CT molecular complexity index is 372. The normalized spacial score (nSPS) is 20.3. The van der Waals surface area contributed by atoms with Crippen molar-refractivity contribution in [3.63, 3.8) is 0 Å². The molecule has 1 fully saturated rings. The molecule has 1 atom stereocenters. The van der Waals surface area contributed by atoms with Crippen molar-refractivity contribution in [1.29, 1.82) is 0 Å². The lowest BCUT2D eigenvalue weighted by molar-refractivity contribution is 0.381. The molecule has 0 aliphatic carbocycles. The number of nitrogens with zero attached hydrogens (tertiary/aromatic N) is 1. The first-order valence-electron chi connectivity index (χ1n) is 6.35. The van der Waals surface area contributed by atoms with Crippen molar-refractivity contribution < 1.29 is 0 Å². The average molecular weight is 297 g/mol. The van der Waals surface area contributed by atoms with Crippen LogP contribution >= 0.6 is 15.9 Å².